The maximum atomic E-state index is 10.9. The number of benzene rings is 1. The van der Waals surface area contributed by atoms with Crippen LogP contribution >= 0.6 is 0 Å². The largest absolute Gasteiger partial charge is 0.483 e. The van der Waals surface area contributed by atoms with Crippen molar-refractivity contribution in [2.75, 3.05) is 6.61 Å². The van der Waals surface area contributed by atoms with Crippen LogP contribution in [0.15, 0.2) is 30.3 Å². The lowest BCUT2D eigenvalue weighted by Crippen LogP contribution is -2.34. The molecule has 6 heteroatoms. The lowest BCUT2D eigenvalue weighted by Gasteiger charge is -2.07. The van der Waals surface area contributed by atoms with Crippen LogP contribution in [0.4, 0.5) is 0 Å². The molecule has 0 aliphatic rings. The van der Waals surface area contributed by atoms with Crippen molar-refractivity contribution >= 4 is 17.9 Å². The molecule has 0 unspecified atom stereocenters. The second kappa shape index (κ2) is 6.29. The molecule has 0 heterocycles. The second-order valence-corrected chi connectivity index (χ2v) is 3.13. The number of carbonyl (C=O) groups is 2. The first-order chi connectivity index (χ1) is 8.13. The summed E-state index contributed by atoms with van der Waals surface area (Å²) in [4.78, 5) is 21.5. The molecule has 1 rings (SSSR count). The fourth-order valence-electron chi connectivity index (χ4n) is 1.11. The van der Waals surface area contributed by atoms with Crippen LogP contribution in [0.2, 0.25) is 0 Å². The minimum Gasteiger partial charge on any atom is -0.483 e. The minimum atomic E-state index is -0.556. The van der Waals surface area contributed by atoms with Gasteiger partial charge in [-0.25, -0.2) is 5.84 Å². The molecule has 0 radical (unpaired) electrons. The molecular formula is C11H13N3O3. The summed E-state index contributed by atoms with van der Waals surface area (Å²) in [6.45, 7) is -0.197. The first-order valence-electron chi connectivity index (χ1n) is 4.82. The van der Waals surface area contributed by atoms with Gasteiger partial charge in [-0.2, -0.15) is 0 Å². The Bertz CT molecular complexity index is 443. The predicted octanol–water partition coefficient (Wildman–Crippen LogP) is -0.446. The molecule has 0 saturated heterocycles. The smallest absolute Gasteiger partial charge is 0.271 e. The normalized spacial score (nSPS) is 10.2. The average molecular weight is 235 g/mol. The fraction of sp³-hybridized carbons (Fsp3) is 0.0909. The van der Waals surface area contributed by atoms with Crippen LogP contribution in [-0.4, -0.2) is 18.4 Å². The lowest BCUT2D eigenvalue weighted by atomic mass is 10.2. The number of rotatable bonds is 5. The molecule has 0 bridgehead atoms. The maximum Gasteiger partial charge on any atom is 0.271 e. The SMILES string of the molecule is NNC(=O)COc1ccccc1C=CC(N)=O. The van der Waals surface area contributed by atoms with E-state index in [1.165, 1.54) is 12.2 Å². The number of carbonyl (C=O) groups excluding carboxylic acids is 2. The molecule has 1 aromatic rings. The first kappa shape index (κ1) is 12.7. The number of primary amides is 1. The van der Waals surface area contributed by atoms with Gasteiger partial charge in [0.05, 0.1) is 0 Å². The molecule has 0 aliphatic carbocycles. The van der Waals surface area contributed by atoms with Gasteiger partial charge in [0.1, 0.15) is 5.75 Å². The zero-order chi connectivity index (χ0) is 12.7. The quantitative estimate of drug-likeness (QED) is 0.278. The van der Waals surface area contributed by atoms with Crippen LogP contribution in [0.3, 0.4) is 0 Å². The van der Waals surface area contributed by atoms with Gasteiger partial charge < -0.3 is 10.5 Å². The number of nitrogens with one attached hydrogen (secondary N) is 1. The van der Waals surface area contributed by atoms with E-state index < -0.39 is 11.8 Å². The van der Waals surface area contributed by atoms with Gasteiger partial charge in [-0.05, 0) is 12.1 Å². The molecule has 0 aromatic heterocycles. The second-order valence-electron chi connectivity index (χ2n) is 3.13. The summed E-state index contributed by atoms with van der Waals surface area (Å²) in [5.74, 6) is 4.38. The molecule has 0 aliphatic heterocycles. The summed E-state index contributed by atoms with van der Waals surface area (Å²) in [5, 5.41) is 0. The van der Waals surface area contributed by atoms with Crippen LogP contribution in [0.25, 0.3) is 6.08 Å². The standard InChI is InChI=1S/C11H13N3O3/c12-10(15)6-5-8-3-1-2-4-9(8)17-7-11(16)14-13/h1-6H,7,13H2,(H2,12,15)(H,14,16). The van der Waals surface area contributed by atoms with E-state index in [2.05, 4.69) is 0 Å². The van der Waals surface area contributed by atoms with E-state index in [1.807, 2.05) is 5.43 Å². The summed E-state index contributed by atoms with van der Waals surface area (Å²) in [7, 11) is 0. The molecule has 90 valence electrons. The number of hydrogen-bond donors (Lipinski definition) is 3. The molecule has 2 amide bonds. The van der Waals surface area contributed by atoms with Crippen LogP contribution < -0.4 is 21.7 Å². The average Bonchev–Trinajstić information content (AvgIpc) is 2.34. The van der Waals surface area contributed by atoms with Gasteiger partial charge in [-0.3, -0.25) is 15.0 Å². The van der Waals surface area contributed by atoms with Crippen molar-refractivity contribution in [1.29, 1.82) is 0 Å². The highest BCUT2D eigenvalue weighted by Crippen LogP contribution is 2.19. The molecule has 17 heavy (non-hydrogen) atoms. The monoisotopic (exact) mass is 235 g/mol. The maximum absolute atomic E-state index is 10.9. The Morgan fingerprint density at radius 2 is 2.06 bits per heavy atom. The highest BCUT2D eigenvalue weighted by Gasteiger charge is 2.03. The van der Waals surface area contributed by atoms with Gasteiger partial charge in [0.2, 0.25) is 5.91 Å². The van der Waals surface area contributed by atoms with E-state index >= 15 is 0 Å². The van der Waals surface area contributed by atoms with Gasteiger partial charge in [-0.1, -0.05) is 18.2 Å². The van der Waals surface area contributed by atoms with Crippen molar-refractivity contribution in [3.63, 3.8) is 0 Å². The number of hydrogen-bond acceptors (Lipinski definition) is 4. The van der Waals surface area contributed by atoms with Crippen LogP contribution in [0.5, 0.6) is 5.75 Å². The molecule has 6 nitrogen and oxygen atoms in total. The van der Waals surface area contributed by atoms with Gasteiger partial charge in [-0.15, -0.1) is 0 Å². The van der Waals surface area contributed by atoms with Gasteiger partial charge in [0.25, 0.3) is 5.91 Å². The van der Waals surface area contributed by atoms with Crippen molar-refractivity contribution < 1.29 is 14.3 Å². The Kier molecular flexibility index (Phi) is 4.71. The summed E-state index contributed by atoms with van der Waals surface area (Å²) in [6.07, 6.45) is 2.73. The van der Waals surface area contributed by atoms with Crippen LogP contribution in [-0.2, 0) is 9.59 Å². The zero-order valence-electron chi connectivity index (χ0n) is 9.05. The lowest BCUT2D eigenvalue weighted by molar-refractivity contribution is -0.123. The van der Waals surface area contributed by atoms with Gasteiger partial charge >= 0.3 is 0 Å². The summed E-state index contributed by atoms with van der Waals surface area (Å²) in [5.41, 5.74) is 7.58. The number of hydrazine groups is 1. The number of ether oxygens (including phenoxy) is 1. The van der Waals surface area contributed by atoms with Gasteiger partial charge in [0, 0.05) is 11.6 Å². The van der Waals surface area contributed by atoms with Crippen molar-refractivity contribution in [2.45, 2.75) is 0 Å². The third kappa shape index (κ3) is 4.35. The van der Waals surface area contributed by atoms with Crippen molar-refractivity contribution in [3.05, 3.63) is 35.9 Å². The third-order valence-electron chi connectivity index (χ3n) is 1.87. The first-order valence-corrected chi connectivity index (χ1v) is 4.82. The Labute approximate surface area is 98.2 Å². The molecule has 0 atom stereocenters. The molecule has 0 saturated carbocycles. The predicted molar refractivity (Wildman–Crippen MR) is 62.5 cm³/mol. The summed E-state index contributed by atoms with van der Waals surface area (Å²) in [6, 6.07) is 6.92. The number of para-hydroxylation sites is 1. The van der Waals surface area contributed by atoms with Crippen molar-refractivity contribution in [2.24, 2.45) is 11.6 Å². The molecule has 5 N–H and O–H groups in total. The van der Waals surface area contributed by atoms with E-state index in [4.69, 9.17) is 16.3 Å². The highest BCUT2D eigenvalue weighted by molar-refractivity contribution is 5.90. The Morgan fingerprint density at radius 1 is 1.35 bits per heavy atom. The van der Waals surface area contributed by atoms with Crippen LogP contribution in [0.1, 0.15) is 5.56 Å². The molecule has 0 spiro atoms. The van der Waals surface area contributed by atoms with Gasteiger partial charge in [0.15, 0.2) is 6.61 Å². The third-order valence-corrected chi connectivity index (χ3v) is 1.87. The Hall–Kier alpha value is -2.34. The number of nitrogens with two attached hydrogens (primary N) is 2. The summed E-state index contributed by atoms with van der Waals surface area (Å²) >= 11 is 0. The van der Waals surface area contributed by atoms with Crippen molar-refractivity contribution in [3.8, 4) is 5.75 Å². The van der Waals surface area contributed by atoms with E-state index in [9.17, 15) is 9.59 Å². The topological polar surface area (TPSA) is 107 Å². The Morgan fingerprint density at radius 3 is 2.71 bits per heavy atom. The highest BCUT2D eigenvalue weighted by atomic mass is 16.5. The van der Waals surface area contributed by atoms with E-state index in [0.717, 1.165) is 0 Å². The summed E-state index contributed by atoms with van der Waals surface area (Å²) < 4.78 is 5.23. The van der Waals surface area contributed by atoms with E-state index in [0.29, 0.717) is 11.3 Å². The molecule has 0 fully saturated rings. The van der Waals surface area contributed by atoms with E-state index in [-0.39, 0.29) is 6.61 Å². The minimum absolute atomic E-state index is 0.197. The van der Waals surface area contributed by atoms with E-state index in [1.54, 1.807) is 24.3 Å². The number of amides is 2. The molecule has 1 aromatic carbocycles. The Balaban J connectivity index is 2.77. The molecular weight excluding hydrogens is 222 g/mol. The van der Waals surface area contributed by atoms with Crippen molar-refractivity contribution in [1.82, 2.24) is 5.43 Å². The fourth-order valence-corrected chi connectivity index (χ4v) is 1.11. The van der Waals surface area contributed by atoms with Crippen LogP contribution in [0, 0.1) is 0 Å². The zero-order valence-corrected chi connectivity index (χ0v) is 9.05.